The van der Waals surface area contributed by atoms with Crippen molar-refractivity contribution in [3.63, 3.8) is 0 Å². The highest BCUT2D eigenvalue weighted by molar-refractivity contribution is 5.74. The van der Waals surface area contributed by atoms with Crippen molar-refractivity contribution >= 4 is 17.6 Å². The van der Waals surface area contributed by atoms with E-state index in [1.807, 2.05) is 30.3 Å². The molecule has 0 radical (unpaired) electrons. The number of halogens is 1. The number of primary amides is 1. The topological polar surface area (TPSA) is 128 Å². The Balaban J connectivity index is 1.60. The van der Waals surface area contributed by atoms with E-state index >= 15 is 0 Å². The lowest BCUT2D eigenvalue weighted by Gasteiger charge is -2.42. The molecule has 0 aliphatic carbocycles. The summed E-state index contributed by atoms with van der Waals surface area (Å²) in [7, 11) is 0. The predicted octanol–water partition coefficient (Wildman–Crippen LogP) is 3.20. The van der Waals surface area contributed by atoms with Gasteiger partial charge in [0.15, 0.2) is 5.82 Å². The second-order valence-corrected chi connectivity index (χ2v) is 7.90. The normalized spacial score (nSPS) is 15.3. The number of carbonyl (C=O) groups is 1. The molecule has 1 amide bonds. The van der Waals surface area contributed by atoms with Crippen LogP contribution in [-0.2, 0) is 10.2 Å². The quantitative estimate of drug-likeness (QED) is 0.559. The first-order valence-corrected chi connectivity index (χ1v) is 10.2. The Labute approximate surface area is 184 Å². The molecule has 1 aromatic heterocycles. The number of benzene rings is 2. The molecule has 1 saturated heterocycles. The Kier molecular flexibility index (Phi) is 5.81. The minimum absolute atomic E-state index is 0.0956. The summed E-state index contributed by atoms with van der Waals surface area (Å²) >= 11 is 0. The number of phenols is 1. The summed E-state index contributed by atoms with van der Waals surface area (Å²) in [6, 6.07) is 15.2. The molecular formula is C23H24FN5O3. The van der Waals surface area contributed by atoms with Gasteiger partial charge in [-0.3, -0.25) is 0 Å². The van der Waals surface area contributed by atoms with Gasteiger partial charge in [-0.25, -0.2) is 9.18 Å². The number of amides is 1. The van der Waals surface area contributed by atoms with Gasteiger partial charge in [-0.1, -0.05) is 30.3 Å². The number of piperidine rings is 1. The lowest BCUT2D eigenvalue weighted by atomic mass is 9.73. The summed E-state index contributed by atoms with van der Waals surface area (Å²) in [5, 5.41) is 18.2. The number of anilines is 2. The van der Waals surface area contributed by atoms with Gasteiger partial charge in [0, 0.05) is 24.1 Å². The van der Waals surface area contributed by atoms with Gasteiger partial charge in [0.05, 0.1) is 11.4 Å². The van der Waals surface area contributed by atoms with E-state index in [4.69, 9.17) is 16.2 Å². The van der Waals surface area contributed by atoms with Crippen molar-refractivity contribution in [2.45, 2.75) is 18.3 Å². The van der Waals surface area contributed by atoms with Gasteiger partial charge >= 0.3 is 6.09 Å². The zero-order valence-electron chi connectivity index (χ0n) is 17.4. The molecule has 0 saturated carbocycles. The third-order valence-electron chi connectivity index (χ3n) is 5.97. The summed E-state index contributed by atoms with van der Waals surface area (Å²) in [4.78, 5) is 13.3. The number of nitrogens with two attached hydrogens (primary N) is 2. The molecule has 0 bridgehead atoms. The summed E-state index contributed by atoms with van der Waals surface area (Å²) in [6.07, 6.45) is 0.573. The van der Waals surface area contributed by atoms with Gasteiger partial charge in [-0.15, -0.1) is 10.2 Å². The maximum Gasteiger partial charge on any atom is 0.404 e. The summed E-state index contributed by atoms with van der Waals surface area (Å²) in [6.45, 7) is 1.41. The van der Waals surface area contributed by atoms with Gasteiger partial charge in [0.2, 0.25) is 0 Å². The molecule has 0 spiro atoms. The van der Waals surface area contributed by atoms with Crippen LogP contribution in [0, 0.1) is 5.82 Å². The summed E-state index contributed by atoms with van der Waals surface area (Å²) in [5.41, 5.74) is 13.3. The number of ether oxygens (including phenoxy) is 1. The van der Waals surface area contributed by atoms with Crippen molar-refractivity contribution in [2.75, 3.05) is 30.3 Å². The molecule has 32 heavy (non-hydrogen) atoms. The summed E-state index contributed by atoms with van der Waals surface area (Å²) < 4.78 is 18.9. The third kappa shape index (κ3) is 4.27. The van der Waals surface area contributed by atoms with Crippen LogP contribution in [0.15, 0.2) is 54.6 Å². The molecular weight excluding hydrogens is 413 g/mol. The Morgan fingerprint density at radius 1 is 1.12 bits per heavy atom. The first-order chi connectivity index (χ1) is 15.4. The van der Waals surface area contributed by atoms with Crippen molar-refractivity contribution < 1.29 is 19.0 Å². The van der Waals surface area contributed by atoms with Crippen molar-refractivity contribution in [3.05, 3.63) is 66.0 Å². The zero-order chi connectivity index (χ0) is 22.7. The Morgan fingerprint density at radius 2 is 1.84 bits per heavy atom. The van der Waals surface area contributed by atoms with Crippen molar-refractivity contribution in [2.24, 2.45) is 5.73 Å². The molecule has 1 aliphatic heterocycles. The largest absolute Gasteiger partial charge is 0.507 e. The van der Waals surface area contributed by atoms with Gasteiger partial charge in [0.1, 0.15) is 18.2 Å². The fourth-order valence-corrected chi connectivity index (χ4v) is 4.18. The van der Waals surface area contributed by atoms with Crippen LogP contribution in [0.3, 0.4) is 0 Å². The molecule has 4 rings (SSSR count). The fourth-order valence-electron chi connectivity index (χ4n) is 4.18. The third-order valence-corrected chi connectivity index (χ3v) is 5.97. The van der Waals surface area contributed by atoms with Crippen LogP contribution in [-0.4, -0.2) is 41.1 Å². The number of phenolic OH excluding ortho intramolecular Hbond substituents is 1. The molecule has 1 aliphatic rings. The number of aromatic hydroxyl groups is 1. The zero-order valence-corrected chi connectivity index (χ0v) is 17.4. The second-order valence-electron chi connectivity index (χ2n) is 7.90. The highest BCUT2D eigenvalue weighted by Crippen LogP contribution is 2.39. The van der Waals surface area contributed by atoms with Gasteiger partial charge in [-0.05, 0) is 42.7 Å². The van der Waals surface area contributed by atoms with Crippen LogP contribution >= 0.6 is 0 Å². The smallest absolute Gasteiger partial charge is 0.404 e. The Morgan fingerprint density at radius 3 is 2.53 bits per heavy atom. The molecule has 0 unspecified atom stereocenters. The van der Waals surface area contributed by atoms with Crippen LogP contribution in [0.4, 0.5) is 20.7 Å². The van der Waals surface area contributed by atoms with E-state index < -0.39 is 11.9 Å². The highest BCUT2D eigenvalue weighted by atomic mass is 19.1. The van der Waals surface area contributed by atoms with E-state index in [0.29, 0.717) is 37.3 Å². The SMILES string of the molecule is NC(=O)OCC1(c2ccccc2)CCN(c2cc(-c3cc(F)ccc3O)nnc2N)CC1. The lowest BCUT2D eigenvalue weighted by Crippen LogP contribution is -2.46. The molecule has 1 fully saturated rings. The lowest BCUT2D eigenvalue weighted by molar-refractivity contribution is 0.112. The minimum Gasteiger partial charge on any atom is -0.507 e. The monoisotopic (exact) mass is 437 g/mol. The van der Waals surface area contributed by atoms with E-state index in [2.05, 4.69) is 15.1 Å². The van der Waals surface area contributed by atoms with Crippen molar-refractivity contribution in [1.82, 2.24) is 10.2 Å². The second kappa shape index (κ2) is 8.70. The van der Waals surface area contributed by atoms with Gasteiger partial charge in [0.25, 0.3) is 0 Å². The van der Waals surface area contributed by atoms with Crippen LogP contribution in [0.5, 0.6) is 5.75 Å². The fraction of sp³-hybridized carbons (Fsp3) is 0.261. The van der Waals surface area contributed by atoms with E-state index in [-0.39, 0.29) is 29.2 Å². The molecule has 2 aromatic carbocycles. The maximum absolute atomic E-state index is 13.7. The standard InChI is InChI=1S/C23H24FN5O3/c24-16-6-7-20(30)17(12-16)18-13-19(21(25)28-27-18)29-10-8-23(9-11-29,14-32-22(26)31)15-4-2-1-3-5-15/h1-7,12-13,30H,8-11,14H2,(H2,25,28)(H2,26,31). The molecule has 8 nitrogen and oxygen atoms in total. The van der Waals surface area contributed by atoms with Crippen molar-refractivity contribution in [3.8, 4) is 17.0 Å². The number of aromatic nitrogens is 2. The van der Waals surface area contributed by atoms with E-state index in [0.717, 1.165) is 5.56 Å². The van der Waals surface area contributed by atoms with E-state index in [1.165, 1.54) is 18.2 Å². The first-order valence-electron chi connectivity index (χ1n) is 10.2. The molecule has 0 atom stereocenters. The number of hydrogen-bond acceptors (Lipinski definition) is 7. The Bertz CT molecular complexity index is 1120. The van der Waals surface area contributed by atoms with Crippen LogP contribution in [0.25, 0.3) is 11.3 Å². The predicted molar refractivity (Wildman–Crippen MR) is 119 cm³/mol. The number of hydrogen-bond donors (Lipinski definition) is 3. The molecule has 5 N–H and O–H groups in total. The molecule has 3 aromatic rings. The number of rotatable bonds is 5. The summed E-state index contributed by atoms with van der Waals surface area (Å²) in [5.74, 6) is -0.343. The van der Waals surface area contributed by atoms with E-state index in [1.54, 1.807) is 6.07 Å². The van der Waals surface area contributed by atoms with Crippen LogP contribution in [0.2, 0.25) is 0 Å². The maximum atomic E-state index is 13.7. The molecule has 166 valence electrons. The van der Waals surface area contributed by atoms with Crippen LogP contribution < -0.4 is 16.4 Å². The number of nitrogens with zero attached hydrogens (tertiary/aromatic N) is 3. The average Bonchev–Trinajstić information content (AvgIpc) is 2.81. The number of nitrogen functional groups attached to an aromatic ring is 1. The Hall–Kier alpha value is -3.88. The van der Waals surface area contributed by atoms with Gasteiger partial charge in [-0.2, -0.15) is 0 Å². The molecule has 9 heteroatoms. The highest BCUT2D eigenvalue weighted by Gasteiger charge is 2.38. The van der Waals surface area contributed by atoms with Crippen LogP contribution in [0.1, 0.15) is 18.4 Å². The number of carbonyl (C=O) groups excluding carboxylic acids is 1. The minimum atomic E-state index is -0.801. The first kappa shape index (κ1) is 21.4. The van der Waals surface area contributed by atoms with E-state index in [9.17, 15) is 14.3 Å². The van der Waals surface area contributed by atoms with Gasteiger partial charge < -0.3 is 26.2 Å². The van der Waals surface area contributed by atoms with Crippen molar-refractivity contribution in [1.29, 1.82) is 0 Å². The molecule has 2 heterocycles. The average molecular weight is 437 g/mol.